The second-order valence-corrected chi connectivity index (χ2v) is 7.25. The van der Waals surface area contributed by atoms with Crippen molar-refractivity contribution >= 4 is 11.8 Å². The van der Waals surface area contributed by atoms with Crippen LogP contribution in [0, 0.1) is 5.41 Å². The Morgan fingerprint density at radius 1 is 1.21 bits per heavy atom. The summed E-state index contributed by atoms with van der Waals surface area (Å²) >= 11 is 1.98. The van der Waals surface area contributed by atoms with Crippen LogP contribution in [0.3, 0.4) is 0 Å². The minimum absolute atomic E-state index is 0.512. The first-order valence-corrected chi connectivity index (χ1v) is 6.80. The standard InChI is InChI=1S/C12H25NS/c1-11(2,3)6-4-5-7-12(8-9-12)14-10-13/h4-10,13H2,1-3H3. The number of rotatable bonds is 6. The normalized spacial score (nSPS) is 19.7. The quantitative estimate of drug-likeness (QED) is 0.539. The van der Waals surface area contributed by atoms with Gasteiger partial charge in [0, 0.05) is 10.6 Å². The van der Waals surface area contributed by atoms with Gasteiger partial charge >= 0.3 is 0 Å². The predicted molar refractivity (Wildman–Crippen MR) is 66.5 cm³/mol. The van der Waals surface area contributed by atoms with Crippen molar-refractivity contribution in [3.63, 3.8) is 0 Å². The maximum absolute atomic E-state index is 5.59. The average Bonchev–Trinajstić information content (AvgIpc) is 2.79. The van der Waals surface area contributed by atoms with Crippen molar-refractivity contribution in [1.82, 2.24) is 0 Å². The van der Waals surface area contributed by atoms with Gasteiger partial charge in [0.15, 0.2) is 0 Å². The summed E-state index contributed by atoms with van der Waals surface area (Å²) in [6, 6.07) is 0. The minimum Gasteiger partial charge on any atom is -0.322 e. The van der Waals surface area contributed by atoms with E-state index in [1.54, 1.807) is 0 Å². The van der Waals surface area contributed by atoms with Gasteiger partial charge in [0.1, 0.15) is 0 Å². The van der Waals surface area contributed by atoms with E-state index in [1.165, 1.54) is 38.5 Å². The third kappa shape index (κ3) is 4.70. The van der Waals surface area contributed by atoms with Gasteiger partial charge in [-0.25, -0.2) is 0 Å². The van der Waals surface area contributed by atoms with Crippen molar-refractivity contribution in [2.24, 2.45) is 11.1 Å². The van der Waals surface area contributed by atoms with E-state index < -0.39 is 0 Å². The molecule has 0 saturated heterocycles. The lowest BCUT2D eigenvalue weighted by atomic mass is 9.89. The number of unbranched alkanes of at least 4 members (excludes halogenated alkanes) is 1. The highest BCUT2D eigenvalue weighted by molar-refractivity contribution is 8.00. The third-order valence-corrected chi connectivity index (χ3v) is 4.40. The Hall–Kier alpha value is 0.310. The lowest BCUT2D eigenvalue weighted by molar-refractivity contribution is 0.357. The van der Waals surface area contributed by atoms with Crippen LogP contribution in [0.25, 0.3) is 0 Å². The molecule has 1 rings (SSSR count). The second kappa shape index (κ2) is 4.89. The molecule has 0 aliphatic heterocycles. The number of hydrogen-bond donors (Lipinski definition) is 1. The van der Waals surface area contributed by atoms with Crippen molar-refractivity contribution in [3.8, 4) is 0 Å². The molecule has 1 aliphatic rings. The van der Waals surface area contributed by atoms with Crippen LogP contribution in [0.4, 0.5) is 0 Å². The fraction of sp³-hybridized carbons (Fsp3) is 1.00. The maximum Gasteiger partial charge on any atom is 0.0398 e. The molecule has 1 nitrogen and oxygen atoms in total. The van der Waals surface area contributed by atoms with Crippen LogP contribution >= 0.6 is 11.8 Å². The summed E-state index contributed by atoms with van der Waals surface area (Å²) in [6.07, 6.45) is 8.34. The molecule has 0 amide bonds. The Morgan fingerprint density at radius 3 is 2.29 bits per heavy atom. The molecule has 84 valence electrons. The fourth-order valence-electron chi connectivity index (χ4n) is 1.89. The lowest BCUT2D eigenvalue weighted by Gasteiger charge is -2.19. The van der Waals surface area contributed by atoms with E-state index in [4.69, 9.17) is 5.73 Å². The van der Waals surface area contributed by atoms with E-state index in [0.717, 1.165) is 5.88 Å². The Bertz CT molecular complexity index is 168. The van der Waals surface area contributed by atoms with E-state index in [1.807, 2.05) is 11.8 Å². The molecular formula is C12H25NS. The molecule has 0 aromatic heterocycles. The Balaban J connectivity index is 2.04. The summed E-state index contributed by atoms with van der Waals surface area (Å²) in [5, 5.41) is 0. The van der Waals surface area contributed by atoms with Gasteiger partial charge in [-0.15, -0.1) is 11.8 Å². The average molecular weight is 215 g/mol. The molecule has 0 aromatic carbocycles. The number of nitrogens with two attached hydrogens (primary N) is 1. The molecule has 0 heterocycles. The van der Waals surface area contributed by atoms with E-state index in [9.17, 15) is 0 Å². The molecule has 2 N–H and O–H groups in total. The van der Waals surface area contributed by atoms with Gasteiger partial charge in [0.25, 0.3) is 0 Å². The van der Waals surface area contributed by atoms with Crippen molar-refractivity contribution in [3.05, 3.63) is 0 Å². The second-order valence-electron chi connectivity index (χ2n) is 5.76. The largest absolute Gasteiger partial charge is 0.322 e. The van der Waals surface area contributed by atoms with Crippen molar-refractivity contribution in [2.45, 2.75) is 64.0 Å². The molecule has 1 aliphatic carbocycles. The Morgan fingerprint density at radius 2 is 1.86 bits per heavy atom. The number of thioether (sulfide) groups is 1. The molecule has 0 bridgehead atoms. The van der Waals surface area contributed by atoms with Crippen molar-refractivity contribution in [2.75, 3.05) is 5.88 Å². The highest BCUT2D eigenvalue weighted by Crippen LogP contribution is 2.51. The first-order chi connectivity index (χ1) is 6.47. The molecule has 2 heteroatoms. The van der Waals surface area contributed by atoms with E-state index >= 15 is 0 Å². The topological polar surface area (TPSA) is 26.0 Å². The highest BCUT2D eigenvalue weighted by Gasteiger charge is 2.41. The van der Waals surface area contributed by atoms with Crippen LogP contribution in [-0.2, 0) is 0 Å². The van der Waals surface area contributed by atoms with Crippen molar-refractivity contribution < 1.29 is 0 Å². The zero-order chi connectivity index (χ0) is 10.7. The molecule has 1 fully saturated rings. The van der Waals surface area contributed by atoms with E-state index in [2.05, 4.69) is 20.8 Å². The van der Waals surface area contributed by atoms with Crippen LogP contribution in [0.15, 0.2) is 0 Å². The summed E-state index contributed by atoms with van der Waals surface area (Å²) < 4.78 is 0.618. The van der Waals surface area contributed by atoms with Gasteiger partial charge in [0.2, 0.25) is 0 Å². The van der Waals surface area contributed by atoms with Gasteiger partial charge in [-0.3, -0.25) is 0 Å². The van der Waals surface area contributed by atoms with E-state index in [-0.39, 0.29) is 0 Å². The van der Waals surface area contributed by atoms with Gasteiger partial charge < -0.3 is 5.73 Å². The monoisotopic (exact) mass is 215 g/mol. The Kier molecular flexibility index (Phi) is 4.32. The fourth-order valence-corrected chi connectivity index (χ4v) is 2.92. The zero-order valence-electron chi connectivity index (χ0n) is 9.94. The molecule has 0 atom stereocenters. The first-order valence-electron chi connectivity index (χ1n) is 5.82. The SMILES string of the molecule is CC(C)(C)CCCCC1(SCN)CC1. The first kappa shape index (κ1) is 12.4. The van der Waals surface area contributed by atoms with Crippen LogP contribution in [0.1, 0.15) is 59.3 Å². The van der Waals surface area contributed by atoms with E-state index in [0.29, 0.717) is 10.2 Å². The van der Waals surface area contributed by atoms with Gasteiger partial charge in [-0.1, -0.05) is 33.6 Å². The molecular weight excluding hydrogens is 190 g/mol. The zero-order valence-corrected chi connectivity index (χ0v) is 10.8. The molecule has 0 radical (unpaired) electrons. The smallest absolute Gasteiger partial charge is 0.0398 e. The summed E-state index contributed by atoms with van der Waals surface area (Å²) in [5.74, 6) is 0.805. The highest BCUT2D eigenvalue weighted by atomic mass is 32.2. The van der Waals surface area contributed by atoms with Crippen LogP contribution in [0.2, 0.25) is 0 Å². The third-order valence-electron chi connectivity index (χ3n) is 3.01. The number of hydrogen-bond acceptors (Lipinski definition) is 2. The molecule has 1 saturated carbocycles. The van der Waals surface area contributed by atoms with Gasteiger partial charge in [-0.2, -0.15) is 0 Å². The molecule has 0 spiro atoms. The maximum atomic E-state index is 5.59. The summed E-state index contributed by atoms with van der Waals surface area (Å²) in [6.45, 7) is 6.98. The molecule has 14 heavy (non-hydrogen) atoms. The summed E-state index contributed by atoms with van der Waals surface area (Å²) in [5.41, 5.74) is 6.10. The van der Waals surface area contributed by atoms with Crippen LogP contribution in [-0.4, -0.2) is 10.6 Å². The molecule has 0 aromatic rings. The minimum atomic E-state index is 0.512. The lowest BCUT2D eigenvalue weighted by Crippen LogP contribution is -2.09. The van der Waals surface area contributed by atoms with Gasteiger partial charge in [0.05, 0.1) is 0 Å². The predicted octanol–water partition coefficient (Wildman–Crippen LogP) is 3.77. The van der Waals surface area contributed by atoms with Crippen LogP contribution < -0.4 is 5.73 Å². The summed E-state index contributed by atoms with van der Waals surface area (Å²) in [7, 11) is 0. The Labute approximate surface area is 93.2 Å². The van der Waals surface area contributed by atoms with Crippen LogP contribution in [0.5, 0.6) is 0 Å². The summed E-state index contributed by atoms with van der Waals surface area (Å²) in [4.78, 5) is 0. The van der Waals surface area contributed by atoms with Crippen molar-refractivity contribution in [1.29, 1.82) is 0 Å². The molecule has 0 unspecified atom stereocenters. The van der Waals surface area contributed by atoms with Gasteiger partial charge in [-0.05, 0) is 31.1 Å².